The van der Waals surface area contributed by atoms with Gasteiger partial charge >= 0.3 is 0 Å². The highest BCUT2D eigenvalue weighted by molar-refractivity contribution is 6.30. The van der Waals surface area contributed by atoms with E-state index in [0.717, 1.165) is 28.1 Å². The van der Waals surface area contributed by atoms with E-state index < -0.39 is 0 Å². The molecule has 1 atom stereocenters. The average molecular weight is 368 g/mol. The summed E-state index contributed by atoms with van der Waals surface area (Å²) in [7, 11) is 1.89. The Morgan fingerprint density at radius 3 is 2.27 bits per heavy atom. The minimum absolute atomic E-state index is 0.0343. The molecule has 3 rings (SSSR count). The summed E-state index contributed by atoms with van der Waals surface area (Å²) >= 11 is 6.02. The number of hydrogen-bond donors (Lipinski definition) is 1. The Morgan fingerprint density at radius 1 is 1.08 bits per heavy atom. The molecule has 2 aromatic carbocycles. The summed E-state index contributed by atoms with van der Waals surface area (Å²) in [6.07, 6.45) is 0.308. The fourth-order valence-electron chi connectivity index (χ4n) is 3.11. The Kier molecular flexibility index (Phi) is 5.43. The first-order chi connectivity index (χ1) is 12.5. The van der Waals surface area contributed by atoms with Gasteiger partial charge in [-0.15, -0.1) is 0 Å². The number of nitrogens with zero attached hydrogens (tertiary/aromatic N) is 2. The van der Waals surface area contributed by atoms with Gasteiger partial charge in [0.25, 0.3) is 0 Å². The molecule has 1 N–H and O–H groups in total. The number of hydrogen-bond acceptors (Lipinski definition) is 2. The zero-order valence-corrected chi connectivity index (χ0v) is 15.9. The molecule has 1 unspecified atom stereocenters. The van der Waals surface area contributed by atoms with Crippen molar-refractivity contribution in [3.63, 3.8) is 0 Å². The zero-order chi connectivity index (χ0) is 18.7. The first-order valence-electron chi connectivity index (χ1n) is 8.54. The highest BCUT2D eigenvalue weighted by atomic mass is 35.5. The van der Waals surface area contributed by atoms with Gasteiger partial charge in [0.2, 0.25) is 5.91 Å². The van der Waals surface area contributed by atoms with Crippen LogP contribution in [0.1, 0.15) is 34.1 Å². The van der Waals surface area contributed by atoms with Crippen molar-refractivity contribution in [1.82, 2.24) is 15.1 Å². The maximum Gasteiger partial charge on any atom is 0.225 e. The molecule has 0 fully saturated rings. The van der Waals surface area contributed by atoms with E-state index in [1.807, 2.05) is 80.2 Å². The number of aryl methyl sites for hydroxylation is 2. The van der Waals surface area contributed by atoms with Gasteiger partial charge in [0, 0.05) is 23.3 Å². The molecule has 1 heterocycles. The fourth-order valence-corrected chi connectivity index (χ4v) is 3.23. The van der Waals surface area contributed by atoms with E-state index in [2.05, 4.69) is 10.4 Å². The van der Waals surface area contributed by atoms with Crippen molar-refractivity contribution >= 4 is 17.5 Å². The summed E-state index contributed by atoms with van der Waals surface area (Å²) in [6, 6.07) is 17.3. The van der Waals surface area contributed by atoms with Gasteiger partial charge in [-0.3, -0.25) is 9.48 Å². The van der Waals surface area contributed by atoms with Crippen LogP contribution in [0.15, 0.2) is 54.6 Å². The number of halogens is 1. The molecule has 3 aromatic rings. The number of benzene rings is 2. The standard InChI is InChI=1S/C21H22ClN3O/c1-14-19(15(2)25(3)24-14)13-20(26)23-21(16-7-5-4-6-8-16)17-9-11-18(22)12-10-17/h4-12,21H,13H2,1-3H3,(H,23,26). The number of carbonyl (C=O) groups is 1. The third-order valence-electron chi connectivity index (χ3n) is 4.64. The number of rotatable bonds is 5. The van der Waals surface area contributed by atoms with Crippen molar-refractivity contribution in [1.29, 1.82) is 0 Å². The van der Waals surface area contributed by atoms with Gasteiger partial charge in [-0.05, 0) is 37.1 Å². The summed E-state index contributed by atoms with van der Waals surface area (Å²) in [6.45, 7) is 3.92. The van der Waals surface area contributed by atoms with Crippen LogP contribution < -0.4 is 5.32 Å². The Hall–Kier alpha value is -2.59. The lowest BCUT2D eigenvalue weighted by molar-refractivity contribution is -0.121. The number of carbonyl (C=O) groups excluding carboxylic acids is 1. The van der Waals surface area contributed by atoms with Gasteiger partial charge in [-0.1, -0.05) is 54.1 Å². The molecule has 0 saturated heterocycles. The Bertz CT molecular complexity index is 901. The van der Waals surface area contributed by atoms with Gasteiger partial charge in [0.1, 0.15) is 0 Å². The average Bonchev–Trinajstić information content (AvgIpc) is 2.87. The van der Waals surface area contributed by atoms with Crippen LogP contribution in [0.5, 0.6) is 0 Å². The molecule has 134 valence electrons. The molecule has 0 aliphatic carbocycles. The van der Waals surface area contributed by atoms with Crippen LogP contribution in [0.25, 0.3) is 0 Å². The SMILES string of the molecule is Cc1nn(C)c(C)c1CC(=O)NC(c1ccccc1)c1ccc(Cl)cc1. The minimum Gasteiger partial charge on any atom is -0.345 e. The monoisotopic (exact) mass is 367 g/mol. The summed E-state index contributed by atoms with van der Waals surface area (Å²) < 4.78 is 1.81. The van der Waals surface area contributed by atoms with Crippen molar-refractivity contribution < 1.29 is 4.79 Å². The molecule has 1 aromatic heterocycles. The van der Waals surface area contributed by atoms with E-state index in [1.165, 1.54) is 0 Å². The molecule has 0 aliphatic rings. The van der Waals surface area contributed by atoms with Crippen molar-refractivity contribution in [2.75, 3.05) is 0 Å². The van der Waals surface area contributed by atoms with Crippen LogP contribution in [0.3, 0.4) is 0 Å². The topological polar surface area (TPSA) is 46.9 Å². The van der Waals surface area contributed by atoms with Crippen LogP contribution in [0.4, 0.5) is 0 Å². The largest absolute Gasteiger partial charge is 0.345 e. The van der Waals surface area contributed by atoms with Crippen LogP contribution in [0, 0.1) is 13.8 Å². The lowest BCUT2D eigenvalue weighted by atomic mass is 9.98. The van der Waals surface area contributed by atoms with Crippen molar-refractivity contribution in [2.24, 2.45) is 7.05 Å². The third-order valence-corrected chi connectivity index (χ3v) is 4.89. The number of aromatic nitrogens is 2. The molecule has 0 radical (unpaired) electrons. The summed E-state index contributed by atoms with van der Waals surface area (Å²) in [5.41, 5.74) is 4.91. The summed E-state index contributed by atoms with van der Waals surface area (Å²) in [5, 5.41) is 8.23. The Labute approximate surface area is 158 Å². The quantitative estimate of drug-likeness (QED) is 0.736. The van der Waals surface area contributed by atoms with E-state index in [9.17, 15) is 4.79 Å². The summed E-state index contributed by atoms with van der Waals surface area (Å²) in [4.78, 5) is 12.8. The molecule has 0 bridgehead atoms. The number of amides is 1. The first kappa shape index (κ1) is 18.2. The van der Waals surface area contributed by atoms with Crippen LogP contribution in [-0.4, -0.2) is 15.7 Å². The predicted molar refractivity (Wildman–Crippen MR) is 104 cm³/mol. The first-order valence-corrected chi connectivity index (χ1v) is 8.92. The highest BCUT2D eigenvalue weighted by Gasteiger charge is 2.19. The fraction of sp³-hybridized carbons (Fsp3) is 0.238. The second-order valence-corrected chi connectivity index (χ2v) is 6.85. The van der Waals surface area contributed by atoms with E-state index in [1.54, 1.807) is 0 Å². The highest BCUT2D eigenvalue weighted by Crippen LogP contribution is 2.24. The van der Waals surface area contributed by atoms with E-state index in [4.69, 9.17) is 11.6 Å². The molecular formula is C21H22ClN3O. The van der Waals surface area contributed by atoms with Crippen molar-refractivity contribution in [3.8, 4) is 0 Å². The smallest absolute Gasteiger partial charge is 0.225 e. The zero-order valence-electron chi connectivity index (χ0n) is 15.2. The van der Waals surface area contributed by atoms with E-state index >= 15 is 0 Å². The Balaban J connectivity index is 1.86. The molecule has 26 heavy (non-hydrogen) atoms. The maximum absolute atomic E-state index is 12.8. The lowest BCUT2D eigenvalue weighted by Gasteiger charge is -2.20. The van der Waals surface area contributed by atoms with Crippen molar-refractivity contribution in [2.45, 2.75) is 26.3 Å². The summed E-state index contributed by atoms with van der Waals surface area (Å²) in [5.74, 6) is -0.0343. The lowest BCUT2D eigenvalue weighted by Crippen LogP contribution is -2.30. The second-order valence-electron chi connectivity index (χ2n) is 6.41. The molecule has 0 aliphatic heterocycles. The second kappa shape index (κ2) is 7.75. The van der Waals surface area contributed by atoms with Crippen molar-refractivity contribution in [3.05, 3.63) is 87.7 Å². The maximum atomic E-state index is 12.8. The third kappa shape index (κ3) is 3.97. The minimum atomic E-state index is -0.224. The van der Waals surface area contributed by atoms with Crippen LogP contribution >= 0.6 is 11.6 Å². The molecular weight excluding hydrogens is 346 g/mol. The molecule has 5 heteroatoms. The van der Waals surface area contributed by atoms with E-state index in [0.29, 0.717) is 11.4 Å². The van der Waals surface area contributed by atoms with Gasteiger partial charge in [-0.2, -0.15) is 5.10 Å². The predicted octanol–water partition coefficient (Wildman–Crippen LogP) is 4.14. The van der Waals surface area contributed by atoms with Gasteiger partial charge < -0.3 is 5.32 Å². The van der Waals surface area contributed by atoms with Crippen LogP contribution in [0.2, 0.25) is 5.02 Å². The number of nitrogens with one attached hydrogen (secondary N) is 1. The molecule has 0 saturated carbocycles. The van der Waals surface area contributed by atoms with E-state index in [-0.39, 0.29) is 11.9 Å². The van der Waals surface area contributed by atoms with Crippen LogP contribution in [-0.2, 0) is 18.3 Å². The Morgan fingerprint density at radius 2 is 1.69 bits per heavy atom. The van der Waals surface area contributed by atoms with Gasteiger partial charge in [-0.25, -0.2) is 0 Å². The molecule has 0 spiro atoms. The van der Waals surface area contributed by atoms with Gasteiger partial charge in [0.15, 0.2) is 0 Å². The normalized spacial score (nSPS) is 12.0. The molecule has 1 amide bonds. The molecule has 4 nitrogen and oxygen atoms in total. The van der Waals surface area contributed by atoms with Gasteiger partial charge in [0.05, 0.1) is 18.2 Å².